The summed E-state index contributed by atoms with van der Waals surface area (Å²) in [5.41, 5.74) is -0.890. The summed E-state index contributed by atoms with van der Waals surface area (Å²) in [6, 6.07) is 4.42. The fourth-order valence-electron chi connectivity index (χ4n) is 3.36. The number of benzene rings is 1. The van der Waals surface area contributed by atoms with Crippen LogP contribution in [0.15, 0.2) is 29.2 Å². The van der Waals surface area contributed by atoms with Gasteiger partial charge in [-0.1, -0.05) is 6.07 Å². The average molecular weight is 383 g/mol. The van der Waals surface area contributed by atoms with Crippen LogP contribution in [0, 0.1) is 10.1 Å². The molecule has 1 aromatic carbocycles. The Bertz CT molecular complexity index is 848. The Hall–Kier alpha value is -2.20. The van der Waals surface area contributed by atoms with Gasteiger partial charge >= 0.3 is 6.09 Å². The topological polar surface area (TPSA) is 110 Å². The number of nitro groups is 1. The van der Waals surface area contributed by atoms with Crippen LogP contribution in [-0.2, 0) is 14.8 Å². The van der Waals surface area contributed by atoms with Gasteiger partial charge in [-0.3, -0.25) is 10.1 Å². The molecular weight excluding hydrogens is 362 g/mol. The van der Waals surface area contributed by atoms with Crippen LogP contribution in [0.1, 0.15) is 27.2 Å². The smallest absolute Gasteiger partial charge is 0.410 e. The third kappa shape index (κ3) is 3.38. The SMILES string of the molecule is CC(C)(C)OC(=O)N1CC2CC1CN2S(=O)(=O)c1cccc([N+](=O)[O-])c1. The number of amides is 1. The molecule has 0 aromatic heterocycles. The van der Waals surface area contributed by atoms with Crippen LogP contribution in [0.3, 0.4) is 0 Å². The lowest BCUT2D eigenvalue weighted by atomic mass is 10.2. The first-order valence-corrected chi connectivity index (χ1v) is 9.69. The molecule has 9 nitrogen and oxygen atoms in total. The zero-order valence-electron chi connectivity index (χ0n) is 14.8. The van der Waals surface area contributed by atoms with Crippen LogP contribution >= 0.6 is 0 Å². The maximum absolute atomic E-state index is 12.9. The molecule has 2 aliphatic heterocycles. The normalized spacial score (nSPS) is 23.3. The number of hydrogen-bond acceptors (Lipinski definition) is 6. The van der Waals surface area contributed by atoms with Gasteiger partial charge in [0.25, 0.3) is 5.69 Å². The summed E-state index contributed by atoms with van der Waals surface area (Å²) < 4.78 is 32.4. The van der Waals surface area contributed by atoms with Crippen LogP contribution in [0.2, 0.25) is 0 Å². The summed E-state index contributed by atoms with van der Waals surface area (Å²) in [6.45, 7) is 5.75. The molecule has 0 N–H and O–H groups in total. The number of ether oxygens (including phenoxy) is 1. The highest BCUT2D eigenvalue weighted by Gasteiger charge is 2.50. The quantitative estimate of drug-likeness (QED) is 0.583. The molecule has 1 aromatic rings. The second-order valence-corrected chi connectivity index (χ2v) is 9.40. The molecule has 0 radical (unpaired) electrons. The van der Waals surface area contributed by atoms with E-state index in [-0.39, 0.29) is 35.8 Å². The van der Waals surface area contributed by atoms with Gasteiger partial charge < -0.3 is 9.64 Å². The molecule has 0 saturated carbocycles. The van der Waals surface area contributed by atoms with Crippen molar-refractivity contribution in [1.82, 2.24) is 9.21 Å². The Balaban J connectivity index is 1.77. The molecule has 1 amide bonds. The zero-order valence-corrected chi connectivity index (χ0v) is 15.6. The monoisotopic (exact) mass is 383 g/mol. The van der Waals surface area contributed by atoms with Crippen LogP contribution in [0.4, 0.5) is 10.5 Å². The van der Waals surface area contributed by atoms with Gasteiger partial charge in [-0.05, 0) is 33.3 Å². The molecule has 2 aliphatic rings. The van der Waals surface area contributed by atoms with Crippen molar-refractivity contribution in [3.8, 4) is 0 Å². The highest BCUT2D eigenvalue weighted by atomic mass is 32.2. The molecule has 3 rings (SSSR count). The number of piperazine rings is 1. The summed E-state index contributed by atoms with van der Waals surface area (Å²) in [5.74, 6) is 0. The van der Waals surface area contributed by atoms with E-state index in [2.05, 4.69) is 0 Å². The van der Waals surface area contributed by atoms with Crippen LogP contribution in [-0.4, -0.2) is 59.4 Å². The molecule has 2 atom stereocenters. The minimum Gasteiger partial charge on any atom is -0.444 e. The van der Waals surface area contributed by atoms with Gasteiger partial charge in [-0.15, -0.1) is 0 Å². The summed E-state index contributed by atoms with van der Waals surface area (Å²) in [7, 11) is -3.86. The van der Waals surface area contributed by atoms with Crippen molar-refractivity contribution in [1.29, 1.82) is 0 Å². The van der Waals surface area contributed by atoms with Gasteiger partial charge in [-0.25, -0.2) is 13.2 Å². The minimum absolute atomic E-state index is 0.108. The van der Waals surface area contributed by atoms with Crippen molar-refractivity contribution in [3.63, 3.8) is 0 Å². The highest BCUT2D eigenvalue weighted by molar-refractivity contribution is 7.89. The Kier molecular flexibility index (Phi) is 4.43. The number of hydrogen-bond donors (Lipinski definition) is 0. The second-order valence-electron chi connectivity index (χ2n) is 7.51. The Morgan fingerprint density at radius 2 is 1.96 bits per heavy atom. The summed E-state index contributed by atoms with van der Waals surface area (Å²) in [6.07, 6.45) is 0.0883. The van der Waals surface area contributed by atoms with Gasteiger partial charge in [0.15, 0.2) is 0 Å². The first-order chi connectivity index (χ1) is 12.0. The number of nitrogens with zero attached hydrogens (tertiary/aromatic N) is 3. The Morgan fingerprint density at radius 1 is 1.27 bits per heavy atom. The first kappa shape index (κ1) is 18.6. The van der Waals surface area contributed by atoms with Crippen LogP contribution in [0.25, 0.3) is 0 Å². The number of nitro benzene ring substituents is 1. The van der Waals surface area contributed by atoms with Gasteiger partial charge in [0.2, 0.25) is 10.0 Å². The zero-order chi connectivity index (χ0) is 19.3. The highest BCUT2D eigenvalue weighted by Crippen LogP contribution is 2.36. The molecule has 0 spiro atoms. The van der Waals surface area contributed by atoms with Crippen LogP contribution < -0.4 is 0 Å². The maximum atomic E-state index is 12.9. The lowest BCUT2D eigenvalue weighted by molar-refractivity contribution is -0.385. The van der Waals surface area contributed by atoms with E-state index in [1.54, 1.807) is 25.7 Å². The second kappa shape index (κ2) is 6.20. The van der Waals surface area contributed by atoms with E-state index in [0.29, 0.717) is 6.42 Å². The number of rotatable bonds is 3. The lowest BCUT2D eigenvalue weighted by Crippen LogP contribution is -2.51. The molecule has 2 unspecified atom stereocenters. The number of fused-ring (bicyclic) bond motifs is 2. The molecule has 26 heavy (non-hydrogen) atoms. The molecule has 2 heterocycles. The van der Waals surface area contributed by atoms with Gasteiger partial charge in [0.1, 0.15) is 5.60 Å². The van der Waals surface area contributed by atoms with E-state index in [9.17, 15) is 23.3 Å². The summed E-state index contributed by atoms with van der Waals surface area (Å²) in [5, 5.41) is 10.9. The van der Waals surface area contributed by atoms with E-state index in [1.165, 1.54) is 22.5 Å². The van der Waals surface area contributed by atoms with Crippen molar-refractivity contribution in [2.75, 3.05) is 13.1 Å². The Labute approximate surface area is 151 Å². The molecule has 2 bridgehead atoms. The van der Waals surface area contributed by atoms with Crippen molar-refractivity contribution < 1.29 is 22.9 Å². The predicted octanol–water partition coefficient (Wildman–Crippen LogP) is 1.98. The van der Waals surface area contributed by atoms with Gasteiger partial charge in [0, 0.05) is 31.3 Å². The third-order valence-corrected chi connectivity index (χ3v) is 6.37. The third-order valence-electron chi connectivity index (χ3n) is 4.45. The van der Waals surface area contributed by atoms with E-state index >= 15 is 0 Å². The fraction of sp³-hybridized carbons (Fsp3) is 0.562. The van der Waals surface area contributed by atoms with E-state index in [0.717, 1.165) is 6.07 Å². The first-order valence-electron chi connectivity index (χ1n) is 8.25. The minimum atomic E-state index is -3.86. The lowest BCUT2D eigenvalue weighted by Gasteiger charge is -2.34. The molecule has 2 fully saturated rings. The molecule has 10 heteroatoms. The number of carbonyl (C=O) groups is 1. The number of sulfonamides is 1. The molecule has 0 aliphatic carbocycles. The van der Waals surface area contributed by atoms with Crippen molar-refractivity contribution >= 4 is 21.8 Å². The van der Waals surface area contributed by atoms with Crippen LogP contribution in [0.5, 0.6) is 0 Å². The van der Waals surface area contributed by atoms with Crippen molar-refractivity contribution in [2.45, 2.75) is 49.8 Å². The van der Waals surface area contributed by atoms with Crippen molar-refractivity contribution in [2.24, 2.45) is 0 Å². The number of carbonyl (C=O) groups excluding carboxylic acids is 1. The molecule has 2 saturated heterocycles. The molecule has 142 valence electrons. The fourth-order valence-corrected chi connectivity index (χ4v) is 5.07. The molecular formula is C16H21N3O6S. The predicted molar refractivity (Wildman–Crippen MR) is 92.1 cm³/mol. The maximum Gasteiger partial charge on any atom is 0.410 e. The Morgan fingerprint density at radius 3 is 2.50 bits per heavy atom. The number of non-ortho nitro benzene ring substituents is 1. The average Bonchev–Trinajstić information content (AvgIpc) is 3.14. The van der Waals surface area contributed by atoms with E-state index in [4.69, 9.17) is 4.74 Å². The van der Waals surface area contributed by atoms with E-state index in [1.807, 2.05) is 0 Å². The van der Waals surface area contributed by atoms with Gasteiger partial charge in [-0.2, -0.15) is 4.31 Å². The van der Waals surface area contributed by atoms with E-state index < -0.39 is 26.6 Å². The van der Waals surface area contributed by atoms with Gasteiger partial charge in [0.05, 0.1) is 15.9 Å². The van der Waals surface area contributed by atoms with Crippen molar-refractivity contribution in [3.05, 3.63) is 34.4 Å². The largest absolute Gasteiger partial charge is 0.444 e. The summed E-state index contributed by atoms with van der Waals surface area (Å²) in [4.78, 5) is 24.0. The standard InChI is InChI=1S/C16H21N3O6S/c1-16(2,3)25-15(20)17-9-13-7-12(17)10-18(13)26(23,24)14-6-4-5-11(8-14)19(21)22/h4-6,8,12-13H,7,9-10H2,1-3H3. The summed E-state index contributed by atoms with van der Waals surface area (Å²) >= 11 is 0. The number of likely N-dealkylation sites (tertiary alicyclic amines) is 1.